The summed E-state index contributed by atoms with van der Waals surface area (Å²) in [6.07, 6.45) is 2.82. The quantitative estimate of drug-likeness (QED) is 0.438. The lowest BCUT2D eigenvalue weighted by Gasteiger charge is -2.36. The van der Waals surface area contributed by atoms with Crippen LogP contribution in [0.1, 0.15) is 36.5 Å². The van der Waals surface area contributed by atoms with Gasteiger partial charge < -0.3 is 19.6 Å². The van der Waals surface area contributed by atoms with Crippen LogP contribution in [-0.4, -0.2) is 47.1 Å². The molecular formula is C27H29IN2O4. The number of fused-ring (bicyclic) bond motifs is 3. The van der Waals surface area contributed by atoms with Crippen molar-refractivity contribution in [3.05, 3.63) is 75.4 Å². The van der Waals surface area contributed by atoms with Gasteiger partial charge in [-0.15, -0.1) is 6.58 Å². The second-order valence-corrected chi connectivity index (χ2v) is 10.8. The Morgan fingerprint density at radius 2 is 2.06 bits per heavy atom. The molecule has 3 aliphatic rings. The Bertz CT molecular complexity index is 1150. The first kappa shape index (κ1) is 23.5. The summed E-state index contributed by atoms with van der Waals surface area (Å²) in [5, 5.41) is 9.97. The van der Waals surface area contributed by atoms with Crippen LogP contribution >= 0.6 is 22.6 Å². The van der Waals surface area contributed by atoms with E-state index in [4.69, 9.17) is 4.74 Å². The number of hydrogen-bond donors (Lipinski definition) is 1. The summed E-state index contributed by atoms with van der Waals surface area (Å²) in [6.45, 7) is 6.68. The Morgan fingerprint density at radius 3 is 2.79 bits per heavy atom. The Kier molecular flexibility index (Phi) is 6.29. The number of halogens is 1. The van der Waals surface area contributed by atoms with E-state index in [0.717, 1.165) is 20.4 Å². The van der Waals surface area contributed by atoms with Crippen molar-refractivity contribution < 1.29 is 19.4 Å². The van der Waals surface area contributed by atoms with Crippen LogP contribution < -0.4 is 4.90 Å². The van der Waals surface area contributed by atoms with Gasteiger partial charge in [0.25, 0.3) is 5.91 Å². The van der Waals surface area contributed by atoms with Crippen molar-refractivity contribution in [2.45, 2.75) is 50.5 Å². The first-order chi connectivity index (χ1) is 16.4. The zero-order valence-electron chi connectivity index (χ0n) is 19.2. The molecule has 2 amide bonds. The van der Waals surface area contributed by atoms with Crippen LogP contribution in [0, 0.1) is 9.49 Å². The molecule has 5 rings (SSSR count). The minimum atomic E-state index is -1.07. The molecule has 1 fully saturated rings. The number of aliphatic hydroxyl groups is 1. The highest BCUT2D eigenvalue weighted by Gasteiger charge is 2.60. The molecule has 34 heavy (non-hydrogen) atoms. The average molecular weight is 572 g/mol. The van der Waals surface area contributed by atoms with E-state index < -0.39 is 5.60 Å². The second-order valence-electron chi connectivity index (χ2n) is 9.51. The average Bonchev–Trinajstić information content (AvgIpc) is 3.28. The number of carbonyl (C=O) groups is 2. The summed E-state index contributed by atoms with van der Waals surface area (Å²) >= 11 is 2.26. The number of aliphatic hydroxyl groups excluding tert-OH is 1. The van der Waals surface area contributed by atoms with Crippen LogP contribution in [0.5, 0.6) is 0 Å². The molecule has 7 heteroatoms. The van der Waals surface area contributed by atoms with Crippen LogP contribution in [0.3, 0.4) is 0 Å². The number of ether oxygens (including phenoxy) is 1. The molecule has 0 aliphatic carbocycles. The first-order valence-corrected chi connectivity index (χ1v) is 12.8. The highest BCUT2D eigenvalue weighted by atomic mass is 127. The first-order valence-electron chi connectivity index (χ1n) is 11.8. The van der Waals surface area contributed by atoms with Crippen LogP contribution in [0.25, 0.3) is 0 Å². The molecule has 2 aromatic carbocycles. The van der Waals surface area contributed by atoms with Crippen LogP contribution in [0.2, 0.25) is 0 Å². The van der Waals surface area contributed by atoms with E-state index in [9.17, 15) is 14.7 Å². The molecule has 6 nitrogen and oxygen atoms in total. The standard InChI is InChI=1S/C27H29IN2O4/c1-3-10-29-24-9-8-20(28)13-23(24)27(26(29)33)17(2)11-22(34-27)14-25(32)30-15-19-7-5-4-6-18(19)12-21(30)16-31/h3-9,13,17,21-22,31H,1,10-12,14-16H2,2H3/t17-,21+,22-,27+/m1/s1. The molecule has 3 heterocycles. The molecule has 0 bridgehead atoms. The molecule has 4 atom stereocenters. The predicted octanol–water partition coefficient (Wildman–Crippen LogP) is 3.78. The van der Waals surface area contributed by atoms with E-state index in [0.29, 0.717) is 25.9 Å². The normalized spacial score (nSPS) is 27.7. The lowest BCUT2D eigenvalue weighted by atomic mass is 9.83. The molecule has 0 aromatic heterocycles. The highest BCUT2D eigenvalue weighted by Crippen LogP contribution is 2.53. The van der Waals surface area contributed by atoms with Gasteiger partial charge in [0.1, 0.15) is 0 Å². The van der Waals surface area contributed by atoms with Gasteiger partial charge in [0.05, 0.1) is 30.9 Å². The van der Waals surface area contributed by atoms with Crippen LogP contribution in [-0.2, 0) is 32.9 Å². The number of benzene rings is 2. The number of carbonyl (C=O) groups excluding carboxylic acids is 2. The molecule has 0 saturated carbocycles. The van der Waals surface area contributed by atoms with Gasteiger partial charge in [-0.1, -0.05) is 37.3 Å². The van der Waals surface area contributed by atoms with Crippen molar-refractivity contribution in [1.82, 2.24) is 4.90 Å². The van der Waals surface area contributed by atoms with Gasteiger partial charge in [-0.2, -0.15) is 0 Å². The molecule has 0 radical (unpaired) electrons. The number of anilines is 1. The number of nitrogens with zero attached hydrogens (tertiary/aromatic N) is 2. The van der Waals surface area contributed by atoms with Crippen LogP contribution in [0.4, 0.5) is 5.69 Å². The van der Waals surface area contributed by atoms with Gasteiger partial charge in [0.15, 0.2) is 5.60 Å². The fraction of sp³-hybridized carbons (Fsp3) is 0.407. The number of hydrogen-bond acceptors (Lipinski definition) is 4. The minimum absolute atomic E-state index is 0.0425. The zero-order valence-corrected chi connectivity index (χ0v) is 21.4. The van der Waals surface area contributed by atoms with Crippen molar-refractivity contribution in [3.8, 4) is 0 Å². The summed E-state index contributed by atoms with van der Waals surface area (Å²) in [5.41, 5.74) is 2.97. The lowest BCUT2D eigenvalue weighted by molar-refractivity contribution is -0.150. The number of amides is 2. The van der Waals surface area contributed by atoms with Crippen molar-refractivity contribution in [2.75, 3.05) is 18.1 Å². The maximum Gasteiger partial charge on any atom is 0.264 e. The summed E-state index contributed by atoms with van der Waals surface area (Å²) in [4.78, 5) is 30.6. The largest absolute Gasteiger partial charge is 0.394 e. The Balaban J connectivity index is 1.39. The maximum atomic E-state index is 13.7. The lowest BCUT2D eigenvalue weighted by Crippen LogP contribution is -2.47. The summed E-state index contributed by atoms with van der Waals surface area (Å²) in [7, 11) is 0. The molecule has 0 unspecified atom stereocenters. The summed E-state index contributed by atoms with van der Waals surface area (Å²) in [5.74, 6) is -0.189. The van der Waals surface area contributed by atoms with Gasteiger partial charge >= 0.3 is 0 Å². The molecule has 1 N–H and O–H groups in total. The van der Waals surface area contributed by atoms with Gasteiger partial charge in [-0.05, 0) is 64.8 Å². The van der Waals surface area contributed by atoms with E-state index >= 15 is 0 Å². The fourth-order valence-corrected chi connectivity index (χ4v) is 6.32. The van der Waals surface area contributed by atoms with Gasteiger partial charge in [0, 0.05) is 28.1 Å². The van der Waals surface area contributed by atoms with E-state index in [1.54, 1.807) is 15.9 Å². The van der Waals surface area contributed by atoms with E-state index in [2.05, 4.69) is 35.2 Å². The van der Waals surface area contributed by atoms with E-state index in [1.165, 1.54) is 5.56 Å². The minimum Gasteiger partial charge on any atom is -0.394 e. The Hall–Kier alpha value is -2.23. The second kappa shape index (κ2) is 9.09. The third-order valence-electron chi connectivity index (χ3n) is 7.48. The molecule has 3 aliphatic heterocycles. The number of rotatable bonds is 5. The summed E-state index contributed by atoms with van der Waals surface area (Å²) < 4.78 is 7.59. The van der Waals surface area contributed by atoms with Crippen molar-refractivity contribution in [2.24, 2.45) is 5.92 Å². The van der Waals surface area contributed by atoms with Gasteiger partial charge in [-0.25, -0.2) is 0 Å². The summed E-state index contributed by atoms with van der Waals surface area (Å²) in [6, 6.07) is 13.8. The molecular weight excluding hydrogens is 543 g/mol. The molecule has 1 spiro atoms. The highest BCUT2D eigenvalue weighted by molar-refractivity contribution is 14.1. The third-order valence-corrected chi connectivity index (χ3v) is 8.15. The van der Waals surface area contributed by atoms with E-state index in [-0.39, 0.29) is 42.9 Å². The van der Waals surface area contributed by atoms with Gasteiger partial charge in [0.2, 0.25) is 5.91 Å². The monoisotopic (exact) mass is 572 g/mol. The fourth-order valence-electron chi connectivity index (χ4n) is 5.83. The molecule has 178 valence electrons. The van der Waals surface area contributed by atoms with Crippen LogP contribution in [0.15, 0.2) is 55.1 Å². The SMILES string of the molecule is C=CCN1C(=O)[C@@]2(O[C@@H](CC(=O)N3Cc4ccccc4C[C@H]3CO)C[C@H]2C)c2cc(I)ccc21. The Morgan fingerprint density at radius 1 is 1.29 bits per heavy atom. The van der Waals surface area contributed by atoms with Crippen molar-refractivity contribution in [1.29, 1.82) is 0 Å². The Labute approximate surface area is 213 Å². The van der Waals surface area contributed by atoms with Crippen molar-refractivity contribution in [3.63, 3.8) is 0 Å². The van der Waals surface area contributed by atoms with E-state index in [1.807, 2.05) is 43.3 Å². The van der Waals surface area contributed by atoms with Gasteiger partial charge in [-0.3, -0.25) is 9.59 Å². The molecule has 2 aromatic rings. The maximum absolute atomic E-state index is 13.7. The smallest absolute Gasteiger partial charge is 0.264 e. The zero-order chi connectivity index (χ0) is 24.0. The van der Waals surface area contributed by atoms with Crippen molar-refractivity contribution >= 4 is 40.1 Å². The topological polar surface area (TPSA) is 70.1 Å². The molecule has 1 saturated heterocycles. The third kappa shape index (κ3) is 3.69. The predicted molar refractivity (Wildman–Crippen MR) is 138 cm³/mol.